The third kappa shape index (κ3) is 5.02. The second-order valence-corrected chi connectivity index (χ2v) is 6.89. The molecule has 0 saturated heterocycles. The lowest BCUT2D eigenvalue weighted by atomic mass is 10.0. The van der Waals surface area contributed by atoms with E-state index in [0.717, 1.165) is 11.6 Å². The van der Waals surface area contributed by atoms with Gasteiger partial charge in [-0.15, -0.1) is 0 Å². The standard InChI is InChI=1S/C21H19F2N5O.C2H6/c1-14(4-3-9-27-13-25-20-19(27)5-2-7-24-20)21(29)28-18(6-8-26-28)15-10-16(22)12-17(23)11-15;1-2/h2,5,7-8,10-13,18H,1,3-4,6,9H2;1-2H3. The molecule has 1 unspecified atom stereocenters. The fourth-order valence-corrected chi connectivity index (χ4v) is 3.46. The van der Waals surface area contributed by atoms with Gasteiger partial charge in [0.25, 0.3) is 5.91 Å². The number of nitrogens with zero attached hydrogens (tertiary/aromatic N) is 5. The second-order valence-electron chi connectivity index (χ2n) is 6.89. The Hall–Kier alpha value is -3.42. The molecule has 8 heteroatoms. The van der Waals surface area contributed by atoms with Crippen LogP contribution < -0.4 is 0 Å². The van der Waals surface area contributed by atoms with Crippen LogP contribution in [0, 0.1) is 11.6 Å². The first kappa shape index (κ1) is 22.3. The minimum absolute atomic E-state index is 0.342. The van der Waals surface area contributed by atoms with Gasteiger partial charge >= 0.3 is 0 Å². The predicted octanol–water partition coefficient (Wildman–Crippen LogP) is 5.03. The SMILES string of the molecule is C=C(CCCn1cnc2ncccc21)C(=O)N1N=CCC1c1cc(F)cc(F)c1.CC. The van der Waals surface area contributed by atoms with Crippen molar-refractivity contribution in [3.05, 3.63) is 72.2 Å². The molecule has 31 heavy (non-hydrogen) atoms. The summed E-state index contributed by atoms with van der Waals surface area (Å²) in [5, 5.41) is 5.36. The number of imidazole rings is 1. The smallest absolute Gasteiger partial charge is 0.269 e. The lowest BCUT2D eigenvalue weighted by Gasteiger charge is -2.23. The van der Waals surface area contributed by atoms with Gasteiger partial charge < -0.3 is 4.57 Å². The van der Waals surface area contributed by atoms with Crippen LogP contribution in [0.15, 0.2) is 60.1 Å². The Labute approximate surface area is 179 Å². The molecule has 0 radical (unpaired) electrons. The van der Waals surface area contributed by atoms with E-state index in [1.807, 2.05) is 30.5 Å². The lowest BCUT2D eigenvalue weighted by molar-refractivity contribution is -0.129. The fourth-order valence-electron chi connectivity index (χ4n) is 3.46. The first-order valence-corrected chi connectivity index (χ1v) is 10.3. The maximum Gasteiger partial charge on any atom is 0.269 e. The molecule has 0 saturated carbocycles. The molecule has 0 bridgehead atoms. The van der Waals surface area contributed by atoms with Gasteiger partial charge in [-0.25, -0.2) is 23.8 Å². The van der Waals surface area contributed by atoms with Crippen molar-refractivity contribution in [1.29, 1.82) is 0 Å². The van der Waals surface area contributed by atoms with Gasteiger partial charge in [-0.1, -0.05) is 20.4 Å². The van der Waals surface area contributed by atoms with E-state index in [1.54, 1.807) is 18.7 Å². The third-order valence-electron chi connectivity index (χ3n) is 4.88. The van der Waals surface area contributed by atoms with Gasteiger partial charge in [0.05, 0.1) is 17.9 Å². The molecule has 1 aromatic carbocycles. The van der Waals surface area contributed by atoms with Crippen LogP contribution in [0.4, 0.5) is 8.78 Å². The molecular formula is C23H25F2N5O. The summed E-state index contributed by atoms with van der Waals surface area (Å²) in [6.45, 7) is 8.56. The van der Waals surface area contributed by atoms with Crippen molar-refractivity contribution in [2.45, 2.75) is 45.7 Å². The number of amides is 1. The summed E-state index contributed by atoms with van der Waals surface area (Å²) in [5.41, 5.74) is 2.38. The number of aromatic nitrogens is 3. The number of aryl methyl sites for hydroxylation is 1. The van der Waals surface area contributed by atoms with E-state index in [4.69, 9.17) is 0 Å². The Morgan fingerprint density at radius 1 is 1.19 bits per heavy atom. The van der Waals surface area contributed by atoms with E-state index in [0.29, 0.717) is 42.6 Å². The van der Waals surface area contributed by atoms with E-state index in [-0.39, 0.29) is 5.91 Å². The molecular weight excluding hydrogens is 400 g/mol. The van der Waals surface area contributed by atoms with Crippen molar-refractivity contribution < 1.29 is 13.6 Å². The van der Waals surface area contributed by atoms with Crippen molar-refractivity contribution in [3.63, 3.8) is 0 Å². The van der Waals surface area contributed by atoms with E-state index >= 15 is 0 Å². The average molecular weight is 425 g/mol. The van der Waals surface area contributed by atoms with Gasteiger partial charge in [0.15, 0.2) is 5.65 Å². The van der Waals surface area contributed by atoms with Crippen molar-refractivity contribution in [2.75, 3.05) is 0 Å². The number of carbonyl (C=O) groups is 1. The molecule has 162 valence electrons. The Bertz CT molecular complexity index is 1090. The van der Waals surface area contributed by atoms with Gasteiger partial charge in [-0.05, 0) is 42.7 Å². The Morgan fingerprint density at radius 2 is 1.94 bits per heavy atom. The highest BCUT2D eigenvalue weighted by molar-refractivity contribution is 5.94. The van der Waals surface area contributed by atoms with Crippen molar-refractivity contribution in [2.24, 2.45) is 5.10 Å². The van der Waals surface area contributed by atoms with Crippen LogP contribution in [0.3, 0.4) is 0 Å². The zero-order chi connectivity index (χ0) is 22.4. The molecule has 2 aromatic heterocycles. The van der Waals surface area contributed by atoms with Gasteiger partial charge in [-0.2, -0.15) is 5.10 Å². The number of rotatable bonds is 6. The van der Waals surface area contributed by atoms with E-state index in [9.17, 15) is 13.6 Å². The monoisotopic (exact) mass is 425 g/mol. The van der Waals surface area contributed by atoms with Crippen LogP contribution in [0.5, 0.6) is 0 Å². The summed E-state index contributed by atoms with van der Waals surface area (Å²) in [6.07, 6.45) is 6.54. The van der Waals surface area contributed by atoms with Crippen LogP contribution in [0.1, 0.15) is 44.7 Å². The first-order valence-electron chi connectivity index (χ1n) is 10.3. The molecule has 0 spiro atoms. The maximum atomic E-state index is 13.6. The first-order chi connectivity index (χ1) is 15.0. The quantitative estimate of drug-likeness (QED) is 0.520. The highest BCUT2D eigenvalue weighted by Crippen LogP contribution is 2.30. The predicted molar refractivity (Wildman–Crippen MR) is 116 cm³/mol. The Kier molecular flexibility index (Phi) is 7.23. The van der Waals surface area contributed by atoms with E-state index in [2.05, 4.69) is 21.6 Å². The number of hydrogen-bond donors (Lipinski definition) is 0. The summed E-state index contributed by atoms with van der Waals surface area (Å²) in [7, 11) is 0. The largest absolute Gasteiger partial charge is 0.329 e. The molecule has 3 heterocycles. The van der Waals surface area contributed by atoms with Gasteiger partial charge in [0, 0.05) is 37.0 Å². The van der Waals surface area contributed by atoms with Crippen molar-refractivity contribution in [3.8, 4) is 0 Å². The highest BCUT2D eigenvalue weighted by Gasteiger charge is 2.30. The molecule has 4 rings (SSSR count). The van der Waals surface area contributed by atoms with Gasteiger partial charge in [0.2, 0.25) is 0 Å². The van der Waals surface area contributed by atoms with Crippen molar-refractivity contribution in [1.82, 2.24) is 19.5 Å². The fraction of sp³-hybridized carbons (Fsp3) is 0.304. The highest BCUT2D eigenvalue weighted by atomic mass is 19.1. The van der Waals surface area contributed by atoms with E-state index in [1.165, 1.54) is 17.1 Å². The summed E-state index contributed by atoms with van der Waals surface area (Å²) in [6, 6.07) is 6.52. The number of halogens is 2. The average Bonchev–Trinajstić information content (AvgIpc) is 3.41. The molecule has 6 nitrogen and oxygen atoms in total. The van der Waals surface area contributed by atoms with Crippen LogP contribution in [0.2, 0.25) is 0 Å². The van der Waals surface area contributed by atoms with Crippen LogP contribution >= 0.6 is 0 Å². The number of pyridine rings is 1. The zero-order valence-corrected chi connectivity index (χ0v) is 17.6. The minimum atomic E-state index is -0.680. The summed E-state index contributed by atoms with van der Waals surface area (Å²) >= 11 is 0. The summed E-state index contributed by atoms with van der Waals surface area (Å²) in [4.78, 5) is 21.2. The summed E-state index contributed by atoms with van der Waals surface area (Å²) in [5.74, 6) is -1.70. The topological polar surface area (TPSA) is 63.4 Å². The van der Waals surface area contributed by atoms with Gasteiger partial charge in [-0.3, -0.25) is 4.79 Å². The van der Waals surface area contributed by atoms with Crippen molar-refractivity contribution >= 4 is 23.3 Å². The number of hydrogen-bond acceptors (Lipinski definition) is 4. The molecule has 1 aliphatic rings. The third-order valence-corrected chi connectivity index (χ3v) is 4.88. The number of carbonyl (C=O) groups excluding carboxylic acids is 1. The molecule has 0 N–H and O–H groups in total. The molecule has 1 amide bonds. The normalized spacial score (nSPS) is 15.1. The molecule has 1 atom stereocenters. The Morgan fingerprint density at radius 3 is 2.68 bits per heavy atom. The van der Waals surface area contributed by atoms with Crippen LogP contribution in [-0.4, -0.2) is 31.7 Å². The van der Waals surface area contributed by atoms with E-state index < -0.39 is 17.7 Å². The zero-order valence-electron chi connectivity index (χ0n) is 17.6. The van der Waals surface area contributed by atoms with Gasteiger partial charge in [0.1, 0.15) is 11.6 Å². The van der Waals surface area contributed by atoms with Crippen LogP contribution in [-0.2, 0) is 11.3 Å². The molecule has 0 fully saturated rings. The Balaban J connectivity index is 0.00000132. The number of fused-ring (bicyclic) bond motifs is 1. The minimum Gasteiger partial charge on any atom is -0.329 e. The molecule has 1 aliphatic heterocycles. The number of hydrazone groups is 1. The summed E-state index contributed by atoms with van der Waals surface area (Å²) < 4.78 is 29.1. The second kappa shape index (κ2) is 10.1. The number of benzene rings is 1. The molecule has 0 aliphatic carbocycles. The lowest BCUT2D eigenvalue weighted by Crippen LogP contribution is -2.28. The molecule has 3 aromatic rings. The van der Waals surface area contributed by atoms with Crippen LogP contribution in [0.25, 0.3) is 11.2 Å². The maximum absolute atomic E-state index is 13.6.